The van der Waals surface area contributed by atoms with E-state index in [1.165, 1.54) is 64.0 Å². The van der Waals surface area contributed by atoms with Crippen LogP contribution in [0.15, 0.2) is 53.5 Å². The lowest BCUT2D eigenvalue weighted by Crippen LogP contribution is -2.19. The summed E-state index contributed by atoms with van der Waals surface area (Å²) in [4.78, 5) is 5.29. The summed E-state index contributed by atoms with van der Waals surface area (Å²) in [6.45, 7) is 10.9. The van der Waals surface area contributed by atoms with E-state index in [0.29, 0.717) is 23.1 Å². The highest BCUT2D eigenvalue weighted by molar-refractivity contribution is 5.94. The van der Waals surface area contributed by atoms with Crippen molar-refractivity contribution in [2.45, 2.75) is 97.4 Å². The number of aliphatic imine (C=N–C) groups is 1. The lowest BCUT2D eigenvalue weighted by Gasteiger charge is -2.16. The molecule has 0 amide bonds. The number of nitrogens with two attached hydrogens (primary N) is 2. The molecule has 2 atom stereocenters. The molecule has 2 unspecified atom stereocenters. The zero-order valence-corrected chi connectivity index (χ0v) is 22.1. The van der Waals surface area contributed by atoms with Crippen molar-refractivity contribution < 1.29 is 0 Å². The molecule has 5 heteroatoms. The predicted octanol–water partition coefficient (Wildman–Crippen LogP) is 6.12. The number of hydrogen-bond acceptors (Lipinski definition) is 4. The first kappa shape index (κ1) is 24.4. The van der Waals surface area contributed by atoms with Crippen LogP contribution in [-0.4, -0.2) is 21.7 Å². The molecule has 5 nitrogen and oxygen atoms in total. The Morgan fingerprint density at radius 2 is 1.89 bits per heavy atom. The van der Waals surface area contributed by atoms with Gasteiger partial charge < -0.3 is 11.5 Å². The normalized spacial score (nSPS) is 28.3. The van der Waals surface area contributed by atoms with Crippen molar-refractivity contribution in [3.05, 3.63) is 54.2 Å². The average molecular weight is 476 g/mol. The predicted molar refractivity (Wildman–Crippen MR) is 145 cm³/mol. The zero-order chi connectivity index (χ0) is 24.8. The van der Waals surface area contributed by atoms with Crippen molar-refractivity contribution in [1.82, 2.24) is 9.78 Å². The molecule has 4 aliphatic rings. The number of fused-ring (bicyclic) bond motifs is 1. The van der Waals surface area contributed by atoms with Gasteiger partial charge in [0.15, 0.2) is 0 Å². The number of aromatic nitrogens is 2. The van der Waals surface area contributed by atoms with E-state index in [-0.39, 0.29) is 0 Å². The van der Waals surface area contributed by atoms with Gasteiger partial charge in [-0.05, 0) is 111 Å². The molecule has 2 spiro atoms. The van der Waals surface area contributed by atoms with Crippen LogP contribution < -0.4 is 11.5 Å². The van der Waals surface area contributed by atoms with Gasteiger partial charge in [0.2, 0.25) is 0 Å². The van der Waals surface area contributed by atoms with Crippen LogP contribution >= 0.6 is 0 Å². The third-order valence-corrected chi connectivity index (χ3v) is 9.66. The molecule has 5 rings (SSSR count). The van der Waals surface area contributed by atoms with Gasteiger partial charge in [0.05, 0.1) is 11.7 Å². The van der Waals surface area contributed by atoms with Crippen LogP contribution in [-0.2, 0) is 6.42 Å². The summed E-state index contributed by atoms with van der Waals surface area (Å²) in [7, 11) is 0. The van der Waals surface area contributed by atoms with Crippen LogP contribution in [0, 0.1) is 28.1 Å². The highest BCUT2D eigenvalue weighted by Gasteiger charge is 2.85. The first-order valence-electron chi connectivity index (χ1n) is 13.9. The molecule has 4 fully saturated rings. The standard InChI is InChI=1S/C30H45N5/c1-5-7-22-18-28(3,4)19-25(22)33-27(11-10-23(20-31)21(2)32)35-17-12-24(34-35)8-6-9-26-29(13-14-29)30(26)15-16-30/h10-12,17,20,22,25-26H,2,5-9,13-16,18-19,31-32H2,1,3-4H3/b11-10-,23-20-,33-27?. The first-order chi connectivity index (χ1) is 16.7. The van der Waals surface area contributed by atoms with Crippen LogP contribution in [0.2, 0.25) is 0 Å². The first-order valence-corrected chi connectivity index (χ1v) is 13.9. The van der Waals surface area contributed by atoms with Gasteiger partial charge in [-0.15, -0.1) is 0 Å². The molecule has 1 aromatic heterocycles. The van der Waals surface area contributed by atoms with Crippen LogP contribution in [0.25, 0.3) is 0 Å². The van der Waals surface area contributed by atoms with Crippen molar-refractivity contribution in [3.63, 3.8) is 0 Å². The quantitative estimate of drug-likeness (QED) is 0.243. The second-order valence-corrected chi connectivity index (χ2v) is 12.7. The summed E-state index contributed by atoms with van der Waals surface area (Å²) < 4.78 is 1.95. The molecule has 0 saturated heterocycles. The average Bonchev–Trinajstić information content (AvgIpc) is 3.75. The van der Waals surface area contributed by atoms with Crippen molar-refractivity contribution in [1.29, 1.82) is 0 Å². The minimum atomic E-state index is 0.308. The van der Waals surface area contributed by atoms with Gasteiger partial charge in [0.1, 0.15) is 5.84 Å². The molecule has 35 heavy (non-hydrogen) atoms. The van der Waals surface area contributed by atoms with Crippen molar-refractivity contribution >= 4 is 5.84 Å². The smallest absolute Gasteiger partial charge is 0.149 e. The topological polar surface area (TPSA) is 82.2 Å². The van der Waals surface area contributed by atoms with E-state index in [9.17, 15) is 0 Å². The Morgan fingerprint density at radius 1 is 1.17 bits per heavy atom. The molecule has 190 valence electrons. The van der Waals surface area contributed by atoms with Gasteiger partial charge in [-0.3, -0.25) is 4.99 Å². The zero-order valence-electron chi connectivity index (χ0n) is 22.1. The summed E-state index contributed by atoms with van der Waals surface area (Å²) in [6.07, 6.45) is 21.9. The summed E-state index contributed by atoms with van der Waals surface area (Å²) in [5, 5.41) is 4.96. The van der Waals surface area contributed by atoms with E-state index in [2.05, 4.69) is 39.6 Å². The summed E-state index contributed by atoms with van der Waals surface area (Å²) >= 11 is 0. The van der Waals surface area contributed by atoms with Gasteiger partial charge in [0, 0.05) is 23.7 Å². The lowest BCUT2D eigenvalue weighted by atomic mass is 9.90. The van der Waals surface area contributed by atoms with E-state index >= 15 is 0 Å². The molecule has 0 radical (unpaired) electrons. The van der Waals surface area contributed by atoms with Gasteiger partial charge in [-0.1, -0.05) is 33.8 Å². The highest BCUT2D eigenvalue weighted by atomic mass is 15.3. The fraction of sp³-hybridized carbons (Fsp3) is 0.667. The van der Waals surface area contributed by atoms with Crippen LogP contribution in [0.4, 0.5) is 0 Å². The highest BCUT2D eigenvalue weighted by Crippen LogP contribution is 2.93. The second kappa shape index (κ2) is 8.97. The molecule has 0 aromatic carbocycles. The summed E-state index contributed by atoms with van der Waals surface area (Å²) in [5.74, 6) is 2.49. The van der Waals surface area contributed by atoms with Gasteiger partial charge >= 0.3 is 0 Å². The minimum absolute atomic E-state index is 0.308. The number of aryl methyl sites for hydroxylation is 1. The Bertz CT molecular complexity index is 1030. The Labute approximate surface area is 211 Å². The van der Waals surface area contributed by atoms with Crippen LogP contribution in [0.3, 0.4) is 0 Å². The molecule has 0 aliphatic heterocycles. The Morgan fingerprint density at radius 3 is 2.49 bits per heavy atom. The van der Waals surface area contributed by atoms with E-state index in [1.54, 1.807) is 0 Å². The molecule has 0 bridgehead atoms. The monoisotopic (exact) mass is 475 g/mol. The maximum Gasteiger partial charge on any atom is 0.149 e. The van der Waals surface area contributed by atoms with E-state index in [1.807, 2.05) is 16.8 Å². The fourth-order valence-corrected chi connectivity index (χ4v) is 7.73. The molecule has 4 aliphatic carbocycles. The van der Waals surface area contributed by atoms with Crippen molar-refractivity contribution in [2.75, 3.05) is 0 Å². The fourth-order valence-electron chi connectivity index (χ4n) is 7.73. The Hall–Kier alpha value is -2.30. The number of nitrogens with zero attached hydrogens (tertiary/aromatic N) is 3. The Kier molecular flexibility index (Phi) is 6.26. The van der Waals surface area contributed by atoms with Gasteiger partial charge in [-0.25, -0.2) is 4.68 Å². The molecule has 1 heterocycles. The van der Waals surface area contributed by atoms with Crippen LogP contribution in [0.1, 0.15) is 90.7 Å². The van der Waals surface area contributed by atoms with Crippen molar-refractivity contribution in [3.8, 4) is 0 Å². The molecule has 1 aromatic rings. The van der Waals surface area contributed by atoms with Gasteiger partial charge in [-0.2, -0.15) is 5.10 Å². The second-order valence-electron chi connectivity index (χ2n) is 12.7. The lowest BCUT2D eigenvalue weighted by molar-refractivity contribution is 0.353. The molecular weight excluding hydrogens is 430 g/mol. The van der Waals surface area contributed by atoms with E-state index in [4.69, 9.17) is 21.6 Å². The largest absolute Gasteiger partial charge is 0.404 e. The molecular formula is C30H45N5. The van der Waals surface area contributed by atoms with E-state index < -0.39 is 0 Å². The molecule has 4 saturated carbocycles. The third-order valence-electron chi connectivity index (χ3n) is 9.66. The number of hydrogen-bond donors (Lipinski definition) is 2. The number of allylic oxidation sites excluding steroid dienone is 2. The maximum atomic E-state index is 5.91. The third kappa shape index (κ3) is 4.63. The van der Waals surface area contributed by atoms with E-state index in [0.717, 1.165) is 46.7 Å². The summed E-state index contributed by atoms with van der Waals surface area (Å²) in [5.41, 5.74) is 16.0. The minimum Gasteiger partial charge on any atom is -0.404 e. The maximum absolute atomic E-state index is 5.91. The summed E-state index contributed by atoms with van der Waals surface area (Å²) in [6, 6.07) is 2.47. The Balaban J connectivity index is 1.30. The number of rotatable bonds is 10. The van der Waals surface area contributed by atoms with Gasteiger partial charge in [0.25, 0.3) is 0 Å². The van der Waals surface area contributed by atoms with Crippen molar-refractivity contribution in [2.24, 2.45) is 44.5 Å². The molecule has 4 N–H and O–H groups in total. The van der Waals surface area contributed by atoms with Crippen LogP contribution in [0.5, 0.6) is 0 Å². The SMILES string of the molecule is C=C(N)C(/C=C\C(=NC1CC(C)(C)CC1CCC)n1ccc(CCCC2C3(CC3)C23CC3)n1)=C\N.